The Bertz CT molecular complexity index is 719. The summed E-state index contributed by atoms with van der Waals surface area (Å²) in [5.41, 5.74) is 6.34. The molecule has 0 aliphatic carbocycles. The Morgan fingerprint density at radius 2 is 1.95 bits per heavy atom. The van der Waals surface area contributed by atoms with E-state index in [4.69, 9.17) is 10.9 Å². The van der Waals surface area contributed by atoms with Gasteiger partial charge in [-0.05, 0) is 52.9 Å². The minimum Gasteiger partial charge on any atom is -0.409 e. The Labute approximate surface area is 133 Å². The molecule has 0 aliphatic heterocycles. The van der Waals surface area contributed by atoms with Crippen LogP contribution in [0.2, 0.25) is 0 Å². The first kappa shape index (κ1) is 15.2. The van der Waals surface area contributed by atoms with Gasteiger partial charge in [0.05, 0.1) is 11.3 Å². The minimum atomic E-state index is -0.552. The van der Waals surface area contributed by atoms with Crippen LogP contribution in [0, 0.1) is 9.39 Å². The molecule has 0 aliphatic rings. The van der Waals surface area contributed by atoms with E-state index >= 15 is 0 Å². The van der Waals surface area contributed by atoms with Crippen LogP contribution in [0.1, 0.15) is 15.9 Å². The van der Waals surface area contributed by atoms with E-state index in [2.05, 4.69) is 10.5 Å². The summed E-state index contributed by atoms with van der Waals surface area (Å²) in [6, 6.07) is 10.6. The molecule has 1 amide bonds. The molecule has 21 heavy (non-hydrogen) atoms. The van der Waals surface area contributed by atoms with E-state index in [9.17, 15) is 9.18 Å². The maximum absolute atomic E-state index is 13.3. The molecule has 0 saturated heterocycles. The number of amides is 1. The topological polar surface area (TPSA) is 87.7 Å². The number of hydrogen-bond acceptors (Lipinski definition) is 3. The van der Waals surface area contributed by atoms with Crippen molar-refractivity contribution in [3.05, 3.63) is 63.0 Å². The second-order valence-corrected chi connectivity index (χ2v) is 5.27. The number of hydrogen-bond donors (Lipinski definition) is 3. The van der Waals surface area contributed by atoms with Crippen LogP contribution in [-0.2, 0) is 0 Å². The summed E-state index contributed by atoms with van der Waals surface area (Å²) in [6.45, 7) is 0. The summed E-state index contributed by atoms with van der Waals surface area (Å²) in [6.07, 6.45) is 0. The number of carbonyl (C=O) groups excluding carboxylic acids is 1. The summed E-state index contributed by atoms with van der Waals surface area (Å²) in [5.74, 6) is -1.20. The second-order valence-electron chi connectivity index (χ2n) is 4.11. The van der Waals surface area contributed by atoms with Crippen LogP contribution in [-0.4, -0.2) is 17.0 Å². The zero-order valence-corrected chi connectivity index (χ0v) is 12.8. The number of nitrogens with two attached hydrogens (primary N) is 1. The average Bonchev–Trinajstić information content (AvgIpc) is 2.48. The Morgan fingerprint density at radius 1 is 1.24 bits per heavy atom. The van der Waals surface area contributed by atoms with E-state index in [1.54, 1.807) is 18.2 Å². The molecule has 2 rings (SSSR count). The van der Waals surface area contributed by atoms with Gasteiger partial charge in [0.1, 0.15) is 5.82 Å². The van der Waals surface area contributed by atoms with Crippen LogP contribution in [0.25, 0.3) is 0 Å². The van der Waals surface area contributed by atoms with Crippen LogP contribution < -0.4 is 11.1 Å². The lowest BCUT2D eigenvalue weighted by molar-refractivity contribution is 0.102. The molecule has 0 radical (unpaired) electrons. The predicted molar refractivity (Wildman–Crippen MR) is 86.0 cm³/mol. The van der Waals surface area contributed by atoms with E-state index in [0.29, 0.717) is 5.56 Å². The number of halogens is 2. The summed E-state index contributed by atoms with van der Waals surface area (Å²) in [7, 11) is 0. The van der Waals surface area contributed by atoms with E-state index < -0.39 is 5.82 Å². The van der Waals surface area contributed by atoms with Crippen LogP contribution >= 0.6 is 22.6 Å². The van der Waals surface area contributed by atoms with Crippen molar-refractivity contribution in [2.45, 2.75) is 0 Å². The lowest BCUT2D eigenvalue weighted by Gasteiger charge is -2.11. The lowest BCUT2D eigenvalue weighted by Crippen LogP contribution is -2.20. The van der Waals surface area contributed by atoms with Gasteiger partial charge >= 0.3 is 0 Å². The van der Waals surface area contributed by atoms with Gasteiger partial charge < -0.3 is 16.3 Å². The number of anilines is 1. The fourth-order valence-electron chi connectivity index (χ4n) is 1.73. The molecular weight excluding hydrogens is 388 g/mol. The van der Waals surface area contributed by atoms with E-state index in [1.165, 1.54) is 12.1 Å². The van der Waals surface area contributed by atoms with Gasteiger partial charge in [0.15, 0.2) is 5.84 Å². The van der Waals surface area contributed by atoms with Gasteiger partial charge in [-0.1, -0.05) is 17.3 Å². The molecule has 7 heteroatoms. The van der Waals surface area contributed by atoms with Crippen molar-refractivity contribution in [3.8, 4) is 0 Å². The quantitative estimate of drug-likeness (QED) is 0.244. The number of carbonyl (C=O) groups is 1. The predicted octanol–water partition coefficient (Wildman–Crippen LogP) is 2.78. The first-order valence-electron chi connectivity index (χ1n) is 5.86. The molecule has 108 valence electrons. The second kappa shape index (κ2) is 6.53. The van der Waals surface area contributed by atoms with Gasteiger partial charge in [-0.25, -0.2) is 4.39 Å². The fraction of sp³-hybridized carbons (Fsp3) is 0. The number of benzene rings is 2. The Kier molecular flexibility index (Phi) is 4.73. The molecule has 0 saturated carbocycles. The van der Waals surface area contributed by atoms with Crippen molar-refractivity contribution in [1.29, 1.82) is 0 Å². The summed E-state index contributed by atoms with van der Waals surface area (Å²) in [4.78, 5) is 12.2. The van der Waals surface area contributed by atoms with Crippen molar-refractivity contribution in [1.82, 2.24) is 0 Å². The third-order valence-electron chi connectivity index (χ3n) is 2.73. The molecule has 0 fully saturated rings. The fourth-order valence-corrected chi connectivity index (χ4v) is 2.36. The van der Waals surface area contributed by atoms with Gasteiger partial charge in [-0.3, -0.25) is 4.79 Å². The highest BCUT2D eigenvalue weighted by Gasteiger charge is 2.14. The van der Waals surface area contributed by atoms with Crippen LogP contribution in [0.3, 0.4) is 0 Å². The van der Waals surface area contributed by atoms with E-state index in [0.717, 1.165) is 9.64 Å². The maximum atomic E-state index is 13.3. The lowest BCUT2D eigenvalue weighted by atomic mass is 10.1. The molecule has 0 unspecified atom stereocenters. The van der Waals surface area contributed by atoms with Crippen molar-refractivity contribution >= 4 is 40.0 Å². The van der Waals surface area contributed by atoms with Crippen molar-refractivity contribution in [2.75, 3.05) is 5.32 Å². The number of amidine groups is 1. The van der Waals surface area contributed by atoms with Crippen molar-refractivity contribution < 1.29 is 14.4 Å². The molecule has 2 aromatic rings. The number of oxime groups is 1. The molecule has 0 atom stereocenters. The highest BCUT2D eigenvalue weighted by molar-refractivity contribution is 14.1. The van der Waals surface area contributed by atoms with Gasteiger partial charge in [-0.2, -0.15) is 0 Å². The summed E-state index contributed by atoms with van der Waals surface area (Å²) >= 11 is 2.04. The molecule has 2 aromatic carbocycles. The highest BCUT2D eigenvalue weighted by Crippen LogP contribution is 2.19. The molecular formula is C14H11FIN3O2. The monoisotopic (exact) mass is 399 g/mol. The Hall–Kier alpha value is -2.16. The molecule has 5 nitrogen and oxygen atoms in total. The largest absolute Gasteiger partial charge is 0.409 e. The smallest absolute Gasteiger partial charge is 0.256 e. The van der Waals surface area contributed by atoms with Crippen LogP contribution in [0.4, 0.5) is 10.1 Å². The maximum Gasteiger partial charge on any atom is 0.256 e. The third kappa shape index (κ3) is 3.48. The Balaban J connectivity index is 2.36. The van der Waals surface area contributed by atoms with Crippen molar-refractivity contribution in [3.63, 3.8) is 0 Å². The number of nitrogens with zero attached hydrogens (tertiary/aromatic N) is 1. The zero-order valence-electron chi connectivity index (χ0n) is 10.7. The first-order chi connectivity index (χ1) is 10.0. The average molecular weight is 399 g/mol. The van der Waals surface area contributed by atoms with Gasteiger partial charge in [0.2, 0.25) is 0 Å². The number of rotatable bonds is 3. The SMILES string of the molecule is N/C(=N/O)c1cc(F)ccc1NC(=O)c1ccccc1I. The van der Waals surface area contributed by atoms with Gasteiger partial charge in [-0.15, -0.1) is 0 Å². The van der Waals surface area contributed by atoms with E-state index in [-0.39, 0.29) is 23.0 Å². The Morgan fingerprint density at radius 3 is 2.62 bits per heavy atom. The normalized spacial score (nSPS) is 11.2. The summed E-state index contributed by atoms with van der Waals surface area (Å²) in [5, 5.41) is 14.2. The van der Waals surface area contributed by atoms with Gasteiger partial charge in [0, 0.05) is 9.13 Å². The van der Waals surface area contributed by atoms with Crippen molar-refractivity contribution in [2.24, 2.45) is 10.9 Å². The standard InChI is InChI=1S/C14H11FIN3O2/c15-8-5-6-12(10(7-8)13(17)19-21)18-14(20)9-3-1-2-4-11(9)16/h1-7,21H,(H2,17,19)(H,18,20). The highest BCUT2D eigenvalue weighted by atomic mass is 127. The third-order valence-corrected chi connectivity index (χ3v) is 3.67. The van der Waals surface area contributed by atoms with Crippen LogP contribution in [0.15, 0.2) is 47.6 Å². The zero-order chi connectivity index (χ0) is 15.4. The van der Waals surface area contributed by atoms with Crippen LogP contribution in [0.5, 0.6) is 0 Å². The first-order valence-corrected chi connectivity index (χ1v) is 6.94. The molecule has 0 spiro atoms. The molecule has 0 aromatic heterocycles. The molecule has 0 heterocycles. The van der Waals surface area contributed by atoms with Gasteiger partial charge in [0.25, 0.3) is 5.91 Å². The molecule has 0 bridgehead atoms. The minimum absolute atomic E-state index is 0.108. The molecule has 4 N–H and O–H groups in total. The summed E-state index contributed by atoms with van der Waals surface area (Å²) < 4.78 is 14.0. The van der Waals surface area contributed by atoms with E-state index in [1.807, 2.05) is 28.7 Å². The number of nitrogens with one attached hydrogen (secondary N) is 1.